The lowest BCUT2D eigenvalue weighted by molar-refractivity contribution is -0.131. The Bertz CT molecular complexity index is 1190. The van der Waals surface area contributed by atoms with Gasteiger partial charge in [-0.05, 0) is 67.5 Å². The summed E-state index contributed by atoms with van der Waals surface area (Å²) in [6.45, 7) is 6.67. The van der Waals surface area contributed by atoms with Crippen LogP contribution >= 0.6 is 0 Å². The number of anilines is 1. The largest absolute Gasteiger partial charge is 0.493 e. The molecule has 0 bridgehead atoms. The van der Waals surface area contributed by atoms with Gasteiger partial charge in [0.2, 0.25) is 0 Å². The molecule has 3 atom stereocenters. The molecule has 1 amide bonds. The van der Waals surface area contributed by atoms with Crippen LogP contribution in [-0.2, 0) is 14.3 Å². The van der Waals surface area contributed by atoms with E-state index in [0.717, 1.165) is 36.8 Å². The molecule has 2 aliphatic heterocycles. The number of Topliss-reactive ketones (excluding diaryl/α,β-unsaturated/α-hetero) is 1. The molecule has 1 saturated carbocycles. The quantitative estimate of drug-likeness (QED) is 0.588. The zero-order valence-electron chi connectivity index (χ0n) is 20.7. The van der Waals surface area contributed by atoms with E-state index in [2.05, 4.69) is 18.8 Å². The number of ether oxygens (including phenoxy) is 3. The number of nitrogens with zero attached hydrogens (tertiary/aromatic N) is 2. The molecule has 3 aliphatic rings. The number of ketones is 1. The van der Waals surface area contributed by atoms with Crippen molar-refractivity contribution in [1.82, 2.24) is 4.98 Å². The van der Waals surface area contributed by atoms with Crippen molar-refractivity contribution in [2.75, 3.05) is 18.6 Å². The van der Waals surface area contributed by atoms with Crippen LogP contribution < -0.4 is 14.4 Å². The molecule has 1 aromatic heterocycles. The van der Waals surface area contributed by atoms with E-state index < -0.39 is 6.04 Å². The first-order chi connectivity index (χ1) is 16.9. The standard InChI is InChI=1S/C28H32N2O5/c1-16(2)15-34-21-10-9-18(14-22(21)33-4)25-24-26(31)19-7-5-6-8-20(19)35-27(24)28(32)30(25)23-13-17(3)11-12-29-23/h9-14,16,19-20,25H,5-8,15H2,1-4H3. The van der Waals surface area contributed by atoms with Gasteiger partial charge in [-0.1, -0.05) is 26.3 Å². The van der Waals surface area contributed by atoms with E-state index >= 15 is 0 Å². The van der Waals surface area contributed by atoms with Gasteiger partial charge in [-0.3, -0.25) is 14.5 Å². The minimum atomic E-state index is -0.643. The number of benzene rings is 1. The molecular weight excluding hydrogens is 444 g/mol. The monoisotopic (exact) mass is 476 g/mol. The fourth-order valence-electron chi connectivity index (χ4n) is 5.28. The molecule has 3 unspecified atom stereocenters. The van der Waals surface area contributed by atoms with Crippen molar-refractivity contribution < 1.29 is 23.8 Å². The second-order valence-corrected chi connectivity index (χ2v) is 10.0. The van der Waals surface area contributed by atoms with E-state index in [1.165, 1.54) is 0 Å². The van der Waals surface area contributed by atoms with Crippen LogP contribution in [0, 0.1) is 18.8 Å². The van der Waals surface area contributed by atoms with E-state index in [4.69, 9.17) is 14.2 Å². The van der Waals surface area contributed by atoms with Crippen molar-refractivity contribution in [3.63, 3.8) is 0 Å². The highest BCUT2D eigenvalue weighted by atomic mass is 16.5. The Hall–Kier alpha value is -3.35. The number of aromatic nitrogens is 1. The van der Waals surface area contributed by atoms with Crippen LogP contribution in [0.15, 0.2) is 47.9 Å². The molecule has 3 heterocycles. The third kappa shape index (κ3) is 4.17. The Morgan fingerprint density at radius 3 is 2.66 bits per heavy atom. The number of carbonyl (C=O) groups excluding carboxylic acids is 2. The van der Waals surface area contributed by atoms with Gasteiger partial charge in [0.25, 0.3) is 5.91 Å². The summed E-state index contributed by atoms with van der Waals surface area (Å²) in [5.41, 5.74) is 2.16. The van der Waals surface area contributed by atoms with Crippen LogP contribution in [-0.4, -0.2) is 36.5 Å². The molecule has 0 radical (unpaired) electrons. The van der Waals surface area contributed by atoms with Gasteiger partial charge in [0, 0.05) is 6.20 Å². The van der Waals surface area contributed by atoms with E-state index in [1.807, 2.05) is 37.3 Å². The van der Waals surface area contributed by atoms with Crippen molar-refractivity contribution in [2.45, 2.75) is 58.6 Å². The summed E-state index contributed by atoms with van der Waals surface area (Å²) < 4.78 is 17.8. The molecule has 2 aromatic rings. The van der Waals surface area contributed by atoms with Crippen LogP contribution in [0.2, 0.25) is 0 Å². The van der Waals surface area contributed by atoms with Crippen LogP contribution in [0.25, 0.3) is 0 Å². The fraction of sp³-hybridized carbons (Fsp3) is 0.464. The first-order valence-corrected chi connectivity index (χ1v) is 12.4. The maximum Gasteiger partial charge on any atom is 0.295 e. The highest BCUT2D eigenvalue weighted by molar-refractivity contribution is 6.17. The molecular formula is C28H32N2O5. The van der Waals surface area contributed by atoms with E-state index in [9.17, 15) is 9.59 Å². The lowest BCUT2D eigenvalue weighted by Gasteiger charge is -2.35. The third-order valence-corrected chi connectivity index (χ3v) is 6.99. The van der Waals surface area contributed by atoms with Crippen LogP contribution in [0.5, 0.6) is 11.5 Å². The Balaban J connectivity index is 1.62. The van der Waals surface area contributed by atoms with Crippen LogP contribution in [0.3, 0.4) is 0 Å². The van der Waals surface area contributed by atoms with Gasteiger partial charge < -0.3 is 14.2 Å². The maximum atomic E-state index is 13.8. The zero-order chi connectivity index (χ0) is 24.7. The lowest BCUT2D eigenvalue weighted by Crippen LogP contribution is -2.39. The molecule has 0 spiro atoms. The predicted octanol–water partition coefficient (Wildman–Crippen LogP) is 4.93. The molecule has 7 nitrogen and oxygen atoms in total. The van der Waals surface area contributed by atoms with Crippen molar-refractivity contribution in [3.8, 4) is 11.5 Å². The number of methoxy groups -OCH3 is 1. The number of rotatable bonds is 6. The minimum absolute atomic E-state index is 0.0172. The molecule has 1 aliphatic carbocycles. The summed E-state index contributed by atoms with van der Waals surface area (Å²) in [6, 6.07) is 8.70. The van der Waals surface area contributed by atoms with Gasteiger partial charge in [-0.15, -0.1) is 0 Å². The molecule has 184 valence electrons. The zero-order valence-corrected chi connectivity index (χ0v) is 20.7. The number of hydrogen-bond donors (Lipinski definition) is 0. The van der Waals surface area contributed by atoms with Gasteiger partial charge in [0.15, 0.2) is 23.0 Å². The highest BCUT2D eigenvalue weighted by Crippen LogP contribution is 2.49. The van der Waals surface area contributed by atoms with E-state index in [1.54, 1.807) is 18.2 Å². The molecule has 1 fully saturated rings. The van der Waals surface area contributed by atoms with Gasteiger partial charge in [0.1, 0.15) is 11.9 Å². The third-order valence-electron chi connectivity index (χ3n) is 6.99. The average Bonchev–Trinajstić information content (AvgIpc) is 3.15. The Morgan fingerprint density at radius 2 is 1.91 bits per heavy atom. The summed E-state index contributed by atoms with van der Waals surface area (Å²) in [4.78, 5) is 33.6. The van der Waals surface area contributed by atoms with Crippen LogP contribution in [0.4, 0.5) is 5.82 Å². The number of fused-ring (bicyclic) bond motifs is 1. The Kier molecular flexibility index (Phi) is 6.26. The topological polar surface area (TPSA) is 78.0 Å². The smallest absolute Gasteiger partial charge is 0.295 e. The number of aryl methyl sites for hydroxylation is 1. The predicted molar refractivity (Wildman–Crippen MR) is 131 cm³/mol. The van der Waals surface area contributed by atoms with Crippen molar-refractivity contribution >= 4 is 17.5 Å². The second-order valence-electron chi connectivity index (χ2n) is 10.0. The molecule has 0 saturated heterocycles. The van der Waals surface area contributed by atoms with Gasteiger partial charge in [-0.25, -0.2) is 4.98 Å². The number of carbonyl (C=O) groups is 2. The number of amides is 1. The maximum absolute atomic E-state index is 13.8. The van der Waals surface area contributed by atoms with E-state index in [0.29, 0.717) is 35.4 Å². The highest BCUT2D eigenvalue weighted by Gasteiger charge is 2.52. The Labute approximate surface area is 206 Å². The summed E-state index contributed by atoms with van der Waals surface area (Å²) in [6.07, 6.45) is 5.03. The van der Waals surface area contributed by atoms with Crippen molar-refractivity contribution in [1.29, 1.82) is 0 Å². The SMILES string of the molecule is COc1cc(C2C3=C(OC4CCCCC4C3=O)C(=O)N2c2cc(C)ccn2)ccc1OCC(C)C. The summed E-state index contributed by atoms with van der Waals surface area (Å²) in [5, 5.41) is 0. The lowest BCUT2D eigenvalue weighted by atomic mass is 9.77. The van der Waals surface area contributed by atoms with Gasteiger partial charge in [-0.2, -0.15) is 0 Å². The first kappa shape index (κ1) is 23.4. The fourth-order valence-corrected chi connectivity index (χ4v) is 5.28. The van der Waals surface area contributed by atoms with Gasteiger partial charge >= 0.3 is 0 Å². The number of pyridine rings is 1. The molecule has 1 aromatic carbocycles. The average molecular weight is 477 g/mol. The second kappa shape index (κ2) is 9.36. The molecule has 0 N–H and O–H groups in total. The molecule has 7 heteroatoms. The summed E-state index contributed by atoms with van der Waals surface area (Å²) in [7, 11) is 1.59. The van der Waals surface area contributed by atoms with Gasteiger partial charge in [0.05, 0.1) is 31.2 Å². The number of hydrogen-bond acceptors (Lipinski definition) is 6. The Morgan fingerprint density at radius 1 is 1.11 bits per heavy atom. The minimum Gasteiger partial charge on any atom is -0.493 e. The van der Waals surface area contributed by atoms with Crippen LogP contribution in [0.1, 0.15) is 56.7 Å². The molecule has 35 heavy (non-hydrogen) atoms. The van der Waals surface area contributed by atoms with E-state index in [-0.39, 0.29) is 29.5 Å². The normalized spacial score (nSPS) is 23.8. The summed E-state index contributed by atoms with van der Waals surface area (Å²) in [5.74, 6) is 1.70. The molecule has 5 rings (SSSR count). The van der Waals surface area contributed by atoms with Crippen molar-refractivity contribution in [2.24, 2.45) is 11.8 Å². The first-order valence-electron chi connectivity index (χ1n) is 12.4. The van der Waals surface area contributed by atoms with Crippen molar-refractivity contribution in [3.05, 3.63) is 59.0 Å². The summed E-state index contributed by atoms with van der Waals surface area (Å²) >= 11 is 0.